The number of allylic oxidation sites excluding steroid dienone is 6. The highest BCUT2D eigenvalue weighted by Gasteiger charge is 2.13. The second kappa shape index (κ2) is 32.8. The van der Waals surface area contributed by atoms with Crippen molar-refractivity contribution in [3.63, 3.8) is 0 Å². The Bertz CT molecular complexity index is 581. The molecule has 39 heavy (non-hydrogen) atoms. The van der Waals surface area contributed by atoms with Crippen LogP contribution in [0.4, 0.5) is 0 Å². The van der Waals surface area contributed by atoms with Crippen LogP contribution >= 0.6 is 0 Å². The molecule has 228 valence electrons. The summed E-state index contributed by atoms with van der Waals surface area (Å²) >= 11 is 0. The van der Waals surface area contributed by atoms with Gasteiger partial charge in [-0.05, 0) is 64.2 Å². The highest BCUT2D eigenvalue weighted by Crippen LogP contribution is 2.11. The van der Waals surface area contributed by atoms with E-state index in [0.29, 0.717) is 13.0 Å². The Morgan fingerprint density at radius 2 is 1.10 bits per heavy atom. The molecule has 0 saturated carbocycles. The predicted molar refractivity (Wildman–Crippen MR) is 168 cm³/mol. The van der Waals surface area contributed by atoms with Crippen molar-refractivity contribution in [3.8, 4) is 0 Å². The van der Waals surface area contributed by atoms with Gasteiger partial charge in [0.15, 0.2) is 0 Å². The van der Waals surface area contributed by atoms with Gasteiger partial charge in [-0.2, -0.15) is 0 Å². The van der Waals surface area contributed by atoms with E-state index in [1.54, 1.807) is 0 Å². The van der Waals surface area contributed by atoms with E-state index < -0.39 is 6.10 Å². The number of rotatable bonds is 30. The van der Waals surface area contributed by atoms with Crippen LogP contribution in [0, 0.1) is 0 Å². The molecule has 4 nitrogen and oxygen atoms in total. The van der Waals surface area contributed by atoms with Crippen LogP contribution in [-0.2, 0) is 14.3 Å². The van der Waals surface area contributed by atoms with Crippen LogP contribution < -0.4 is 0 Å². The molecule has 0 aromatic rings. The summed E-state index contributed by atoms with van der Waals surface area (Å²) in [7, 11) is 0. The smallest absolute Gasteiger partial charge is 0.306 e. The minimum absolute atomic E-state index is 0.180. The molecular formula is C35H64O4. The molecule has 0 fully saturated rings. The summed E-state index contributed by atoms with van der Waals surface area (Å²) in [4.78, 5) is 12.1. The summed E-state index contributed by atoms with van der Waals surface area (Å²) in [6.45, 7) is 5.25. The fraction of sp³-hybridized carbons (Fsp3) is 0.800. The Kier molecular flexibility index (Phi) is 31.7. The lowest BCUT2D eigenvalue weighted by atomic mass is 10.1. The van der Waals surface area contributed by atoms with Crippen LogP contribution in [0.2, 0.25) is 0 Å². The van der Waals surface area contributed by atoms with Crippen molar-refractivity contribution < 1.29 is 19.4 Å². The summed E-state index contributed by atoms with van der Waals surface area (Å²) in [5, 5.41) is 9.51. The summed E-state index contributed by atoms with van der Waals surface area (Å²) < 4.78 is 11.1. The van der Waals surface area contributed by atoms with E-state index in [1.165, 1.54) is 96.3 Å². The number of aliphatic hydroxyl groups is 1. The van der Waals surface area contributed by atoms with Gasteiger partial charge in [-0.1, -0.05) is 121 Å². The Balaban J connectivity index is 3.50. The van der Waals surface area contributed by atoms with Gasteiger partial charge in [0, 0.05) is 13.0 Å². The van der Waals surface area contributed by atoms with Crippen LogP contribution in [0.15, 0.2) is 36.5 Å². The van der Waals surface area contributed by atoms with Crippen LogP contribution in [-0.4, -0.2) is 37.0 Å². The van der Waals surface area contributed by atoms with Gasteiger partial charge in [0.25, 0.3) is 0 Å². The molecule has 0 heterocycles. The van der Waals surface area contributed by atoms with E-state index in [4.69, 9.17) is 9.47 Å². The lowest BCUT2D eigenvalue weighted by Crippen LogP contribution is -2.27. The lowest BCUT2D eigenvalue weighted by molar-refractivity contribution is -0.154. The third kappa shape index (κ3) is 31.0. The van der Waals surface area contributed by atoms with Crippen molar-refractivity contribution in [2.75, 3.05) is 19.8 Å². The third-order valence-electron chi connectivity index (χ3n) is 6.94. The third-order valence-corrected chi connectivity index (χ3v) is 6.94. The normalized spacial score (nSPS) is 12.8. The number of unbranched alkanes of at least 4 members (excludes halogenated alkanes) is 16. The molecule has 1 unspecified atom stereocenters. The first-order valence-corrected chi connectivity index (χ1v) is 16.6. The van der Waals surface area contributed by atoms with Gasteiger partial charge >= 0.3 is 5.97 Å². The number of hydrogen-bond donors (Lipinski definition) is 1. The number of aliphatic hydroxyl groups excluding tert-OH is 1. The van der Waals surface area contributed by atoms with Crippen molar-refractivity contribution >= 4 is 5.97 Å². The molecule has 0 rings (SSSR count). The molecule has 0 amide bonds. The highest BCUT2D eigenvalue weighted by atomic mass is 16.6. The Hall–Kier alpha value is -1.39. The molecule has 1 N–H and O–H groups in total. The van der Waals surface area contributed by atoms with E-state index in [9.17, 15) is 9.90 Å². The van der Waals surface area contributed by atoms with Crippen molar-refractivity contribution in [2.24, 2.45) is 0 Å². The molecule has 0 aliphatic heterocycles. The average Bonchev–Trinajstić information content (AvgIpc) is 2.94. The largest absolute Gasteiger partial charge is 0.457 e. The zero-order chi connectivity index (χ0) is 28.5. The van der Waals surface area contributed by atoms with Gasteiger partial charge in [0.05, 0.1) is 13.2 Å². The number of ether oxygens (including phenoxy) is 2. The fourth-order valence-corrected chi connectivity index (χ4v) is 4.40. The quantitative estimate of drug-likeness (QED) is 0.0551. The Labute approximate surface area is 242 Å². The van der Waals surface area contributed by atoms with E-state index in [-0.39, 0.29) is 19.2 Å². The Morgan fingerprint density at radius 3 is 1.69 bits per heavy atom. The molecule has 0 aliphatic carbocycles. The molecule has 0 aromatic heterocycles. The van der Waals surface area contributed by atoms with Crippen molar-refractivity contribution in [2.45, 2.75) is 161 Å². The number of carbonyl (C=O) groups is 1. The summed E-state index contributed by atoms with van der Waals surface area (Å²) in [6, 6.07) is 0. The topological polar surface area (TPSA) is 55.8 Å². The standard InChI is InChI=1S/C35H64O4/c1-3-5-7-9-11-13-15-17-18-19-20-22-24-26-28-30-35(37)39-34(32-36)33-38-31-29-27-25-23-21-16-14-12-10-8-6-4-2/h10-13,17-18,34,36H,3-9,14-16,19-33H2,1-2H3/b12-10-,13-11-,18-17-. The number of carbonyl (C=O) groups excluding carboxylic acids is 1. The minimum atomic E-state index is -0.541. The Morgan fingerprint density at radius 1 is 0.615 bits per heavy atom. The monoisotopic (exact) mass is 548 g/mol. The van der Waals surface area contributed by atoms with Gasteiger partial charge in [-0.25, -0.2) is 0 Å². The van der Waals surface area contributed by atoms with Crippen LogP contribution in [0.25, 0.3) is 0 Å². The molecule has 0 spiro atoms. The molecule has 1 atom stereocenters. The molecule has 4 heteroatoms. The van der Waals surface area contributed by atoms with Crippen LogP contribution in [0.5, 0.6) is 0 Å². The molecule has 0 bridgehead atoms. The SMILES string of the molecule is CCCC/C=C\CCCCCCCCOCC(CO)OC(=O)CCCCCCC/C=C\C/C=C\CCCCC. The first kappa shape index (κ1) is 37.6. The highest BCUT2D eigenvalue weighted by molar-refractivity contribution is 5.69. The predicted octanol–water partition coefficient (Wildman–Crippen LogP) is 10.2. The molecular weight excluding hydrogens is 484 g/mol. The second-order valence-corrected chi connectivity index (χ2v) is 10.9. The summed E-state index contributed by atoms with van der Waals surface area (Å²) in [5.41, 5.74) is 0. The van der Waals surface area contributed by atoms with Gasteiger partial charge in [0.1, 0.15) is 6.10 Å². The van der Waals surface area contributed by atoms with Gasteiger partial charge in [-0.15, -0.1) is 0 Å². The van der Waals surface area contributed by atoms with Gasteiger partial charge < -0.3 is 14.6 Å². The maximum absolute atomic E-state index is 12.1. The maximum Gasteiger partial charge on any atom is 0.306 e. The maximum atomic E-state index is 12.1. The van der Waals surface area contributed by atoms with E-state index >= 15 is 0 Å². The van der Waals surface area contributed by atoms with Crippen LogP contribution in [0.1, 0.15) is 155 Å². The molecule has 0 saturated heterocycles. The number of esters is 1. The van der Waals surface area contributed by atoms with E-state index in [0.717, 1.165) is 38.5 Å². The summed E-state index contributed by atoms with van der Waals surface area (Å²) in [6.07, 6.45) is 38.8. The van der Waals surface area contributed by atoms with Crippen molar-refractivity contribution in [1.82, 2.24) is 0 Å². The molecule has 0 radical (unpaired) electrons. The van der Waals surface area contributed by atoms with Gasteiger partial charge in [0.2, 0.25) is 0 Å². The lowest BCUT2D eigenvalue weighted by Gasteiger charge is -2.15. The number of hydrogen-bond acceptors (Lipinski definition) is 4. The molecule has 0 aromatic carbocycles. The minimum Gasteiger partial charge on any atom is -0.457 e. The average molecular weight is 549 g/mol. The van der Waals surface area contributed by atoms with Crippen molar-refractivity contribution in [3.05, 3.63) is 36.5 Å². The fourth-order valence-electron chi connectivity index (χ4n) is 4.40. The second-order valence-electron chi connectivity index (χ2n) is 10.9. The first-order chi connectivity index (χ1) is 19.2. The first-order valence-electron chi connectivity index (χ1n) is 16.6. The van der Waals surface area contributed by atoms with Crippen molar-refractivity contribution in [1.29, 1.82) is 0 Å². The van der Waals surface area contributed by atoms with E-state index in [2.05, 4.69) is 50.3 Å². The zero-order valence-corrected chi connectivity index (χ0v) is 25.9. The summed E-state index contributed by atoms with van der Waals surface area (Å²) in [5.74, 6) is -0.219. The molecule has 0 aliphatic rings. The van der Waals surface area contributed by atoms with Crippen LogP contribution in [0.3, 0.4) is 0 Å². The van der Waals surface area contributed by atoms with E-state index in [1.807, 2.05) is 0 Å². The zero-order valence-electron chi connectivity index (χ0n) is 25.9. The van der Waals surface area contributed by atoms with Gasteiger partial charge in [-0.3, -0.25) is 4.79 Å².